The topological polar surface area (TPSA) is 3.24 Å². The van der Waals surface area contributed by atoms with E-state index in [1.54, 1.807) is 0 Å². The molecule has 0 saturated carbocycles. The average Bonchev–Trinajstić information content (AvgIpc) is 2.74. The van der Waals surface area contributed by atoms with Crippen molar-refractivity contribution in [2.45, 2.75) is 19.6 Å². The number of hydrogen-bond acceptors (Lipinski definition) is 1. The molecule has 0 spiro atoms. The lowest BCUT2D eigenvalue weighted by Gasteiger charge is -2.14. The van der Waals surface area contributed by atoms with Crippen molar-refractivity contribution in [3.63, 3.8) is 0 Å². The smallest absolute Gasteiger partial charge is 0.139 e. The zero-order valence-corrected chi connectivity index (χ0v) is 10.2. The van der Waals surface area contributed by atoms with Crippen LogP contribution in [0, 0.1) is 0 Å². The summed E-state index contributed by atoms with van der Waals surface area (Å²) in [4.78, 5) is 2.51. The van der Waals surface area contributed by atoms with E-state index in [1.807, 2.05) is 0 Å². The minimum Gasteiger partial charge on any atom is -0.291 e. The Hall–Kier alpha value is -1.54. The van der Waals surface area contributed by atoms with Crippen molar-refractivity contribution in [2.75, 3.05) is 0 Å². The first kappa shape index (κ1) is 10.6. The Morgan fingerprint density at radius 2 is 1.76 bits per heavy atom. The van der Waals surface area contributed by atoms with Gasteiger partial charge in [0.1, 0.15) is 7.85 Å². The Balaban J connectivity index is 1.77. The maximum absolute atomic E-state index is 2.51. The summed E-state index contributed by atoms with van der Waals surface area (Å²) in [5.41, 5.74) is 5.86. The van der Waals surface area contributed by atoms with Crippen LogP contribution in [0.15, 0.2) is 48.5 Å². The minimum absolute atomic E-state index is 1.05. The Bertz CT molecular complexity index is 522. The zero-order valence-electron chi connectivity index (χ0n) is 10.2. The van der Waals surface area contributed by atoms with Crippen molar-refractivity contribution in [2.24, 2.45) is 0 Å². The first-order valence-corrected chi connectivity index (χ1v) is 6.16. The molecular formula is C15H16BN. The molecule has 1 nitrogen and oxygen atoms in total. The van der Waals surface area contributed by atoms with E-state index < -0.39 is 0 Å². The number of hydrogen-bond donors (Lipinski definition) is 0. The van der Waals surface area contributed by atoms with E-state index in [-0.39, 0.29) is 0 Å². The van der Waals surface area contributed by atoms with Crippen LogP contribution in [0.1, 0.15) is 16.7 Å². The second-order valence-corrected chi connectivity index (χ2v) is 4.84. The Kier molecular flexibility index (Phi) is 2.73. The molecule has 2 heteroatoms. The van der Waals surface area contributed by atoms with Gasteiger partial charge in [0.25, 0.3) is 0 Å². The van der Waals surface area contributed by atoms with Crippen LogP contribution in [-0.2, 0) is 19.6 Å². The molecule has 1 aliphatic rings. The van der Waals surface area contributed by atoms with Crippen LogP contribution < -0.4 is 5.46 Å². The summed E-state index contributed by atoms with van der Waals surface area (Å²) < 4.78 is 0. The number of benzene rings is 2. The molecule has 84 valence electrons. The normalized spacial score (nSPS) is 14.8. The molecule has 2 aromatic rings. The molecule has 0 N–H and O–H groups in total. The quantitative estimate of drug-likeness (QED) is 0.694. The summed E-state index contributed by atoms with van der Waals surface area (Å²) in [6, 6.07) is 17.4. The van der Waals surface area contributed by atoms with E-state index >= 15 is 0 Å². The summed E-state index contributed by atoms with van der Waals surface area (Å²) in [7, 11) is 2.21. The first-order valence-electron chi connectivity index (χ1n) is 6.16. The predicted molar refractivity (Wildman–Crippen MR) is 74.0 cm³/mol. The van der Waals surface area contributed by atoms with Gasteiger partial charge in [0, 0.05) is 19.6 Å². The van der Waals surface area contributed by atoms with Crippen LogP contribution >= 0.6 is 0 Å². The van der Waals surface area contributed by atoms with Gasteiger partial charge in [-0.1, -0.05) is 54.0 Å². The highest BCUT2D eigenvalue weighted by Gasteiger charge is 2.19. The first-order chi connectivity index (χ1) is 8.33. The highest BCUT2D eigenvalue weighted by atomic mass is 15.1. The van der Waals surface area contributed by atoms with Gasteiger partial charge in [0.2, 0.25) is 0 Å². The van der Waals surface area contributed by atoms with E-state index in [0.29, 0.717) is 0 Å². The van der Waals surface area contributed by atoms with E-state index in [1.165, 1.54) is 22.2 Å². The van der Waals surface area contributed by atoms with Crippen molar-refractivity contribution in [1.29, 1.82) is 0 Å². The largest absolute Gasteiger partial charge is 0.291 e. The number of rotatable bonds is 2. The van der Waals surface area contributed by atoms with Gasteiger partial charge in [-0.05, 0) is 16.7 Å². The van der Waals surface area contributed by atoms with Gasteiger partial charge in [0.15, 0.2) is 0 Å². The molecule has 0 aromatic heterocycles. The monoisotopic (exact) mass is 221 g/mol. The fourth-order valence-corrected chi connectivity index (χ4v) is 2.61. The van der Waals surface area contributed by atoms with Crippen LogP contribution in [0.2, 0.25) is 0 Å². The third-order valence-corrected chi connectivity index (χ3v) is 3.53. The third kappa shape index (κ3) is 2.13. The zero-order chi connectivity index (χ0) is 11.7. The highest BCUT2D eigenvalue weighted by Crippen LogP contribution is 2.22. The van der Waals surface area contributed by atoms with Gasteiger partial charge < -0.3 is 0 Å². The number of fused-ring (bicyclic) bond motifs is 1. The van der Waals surface area contributed by atoms with Gasteiger partial charge in [-0.25, -0.2) is 0 Å². The van der Waals surface area contributed by atoms with Crippen molar-refractivity contribution < 1.29 is 0 Å². The fourth-order valence-electron chi connectivity index (χ4n) is 2.61. The van der Waals surface area contributed by atoms with Crippen molar-refractivity contribution in [1.82, 2.24) is 4.90 Å². The van der Waals surface area contributed by atoms with E-state index in [4.69, 9.17) is 0 Å². The van der Waals surface area contributed by atoms with Gasteiger partial charge in [-0.3, -0.25) is 4.90 Å². The Morgan fingerprint density at radius 1 is 0.941 bits per heavy atom. The fraction of sp³-hybridized carbons (Fsp3) is 0.200. The second-order valence-electron chi connectivity index (χ2n) is 4.84. The summed E-state index contributed by atoms with van der Waals surface area (Å²) in [5, 5.41) is 0. The van der Waals surface area contributed by atoms with Gasteiger partial charge in [-0.15, -0.1) is 0 Å². The van der Waals surface area contributed by atoms with Crippen LogP contribution in [0.3, 0.4) is 0 Å². The Labute approximate surface area is 103 Å². The van der Waals surface area contributed by atoms with E-state index in [2.05, 4.69) is 61.3 Å². The van der Waals surface area contributed by atoms with Crippen LogP contribution in [0.5, 0.6) is 0 Å². The standard InChI is InChI=1S/C15H16BN/c16-15-8-4-7-13-10-17(11-14(13)15)9-12-5-2-1-3-6-12/h1-8H,9-11,16H2. The molecule has 2 aromatic carbocycles. The van der Waals surface area contributed by atoms with Crippen molar-refractivity contribution in [3.05, 3.63) is 65.2 Å². The van der Waals surface area contributed by atoms with Crippen molar-refractivity contribution >= 4 is 13.3 Å². The second kappa shape index (κ2) is 4.38. The van der Waals surface area contributed by atoms with Gasteiger partial charge >= 0.3 is 0 Å². The lowest BCUT2D eigenvalue weighted by Crippen LogP contribution is -2.17. The molecule has 1 aliphatic heterocycles. The maximum Gasteiger partial charge on any atom is 0.139 e. The van der Waals surface area contributed by atoms with Crippen LogP contribution in [-0.4, -0.2) is 12.7 Å². The molecular weight excluding hydrogens is 205 g/mol. The highest BCUT2D eigenvalue weighted by molar-refractivity contribution is 6.33. The molecule has 1 heterocycles. The van der Waals surface area contributed by atoms with E-state index in [9.17, 15) is 0 Å². The number of nitrogens with zero attached hydrogens (tertiary/aromatic N) is 1. The summed E-state index contributed by atoms with van der Waals surface area (Å²) in [6.07, 6.45) is 0. The van der Waals surface area contributed by atoms with E-state index in [0.717, 1.165) is 19.6 Å². The molecule has 0 unspecified atom stereocenters. The summed E-state index contributed by atoms with van der Waals surface area (Å²) >= 11 is 0. The molecule has 0 fully saturated rings. The lowest BCUT2D eigenvalue weighted by atomic mass is 9.89. The maximum atomic E-state index is 2.51. The Morgan fingerprint density at radius 3 is 2.53 bits per heavy atom. The van der Waals surface area contributed by atoms with Gasteiger partial charge in [0.05, 0.1) is 0 Å². The van der Waals surface area contributed by atoms with Gasteiger partial charge in [-0.2, -0.15) is 0 Å². The minimum atomic E-state index is 1.05. The molecule has 17 heavy (non-hydrogen) atoms. The predicted octanol–water partition coefficient (Wildman–Crippen LogP) is 1.46. The van der Waals surface area contributed by atoms with Crippen LogP contribution in [0.4, 0.5) is 0 Å². The SMILES string of the molecule is Bc1cccc2c1CN(Cc1ccccc1)C2. The molecule has 0 bridgehead atoms. The van der Waals surface area contributed by atoms with Crippen molar-refractivity contribution in [3.8, 4) is 0 Å². The lowest BCUT2D eigenvalue weighted by molar-refractivity contribution is 0.276. The molecule has 0 atom stereocenters. The van der Waals surface area contributed by atoms with Crippen LogP contribution in [0.25, 0.3) is 0 Å². The molecule has 0 aliphatic carbocycles. The molecule has 0 radical (unpaired) electrons. The summed E-state index contributed by atoms with van der Waals surface area (Å²) in [5.74, 6) is 0. The molecule has 0 amide bonds. The molecule has 3 rings (SSSR count). The third-order valence-electron chi connectivity index (χ3n) is 3.53. The average molecular weight is 221 g/mol. The summed E-state index contributed by atoms with van der Waals surface area (Å²) in [6.45, 7) is 3.23. The molecule has 0 saturated heterocycles.